The molecule has 21 heavy (non-hydrogen) atoms. The lowest BCUT2D eigenvalue weighted by atomic mass is 10.0. The second-order valence-electron chi connectivity index (χ2n) is 4.57. The van der Waals surface area contributed by atoms with Crippen molar-refractivity contribution in [3.05, 3.63) is 28.8 Å². The SMILES string of the molecule is CCOC1=CC(N2CCOCC2)=C(OCC)C(F)C1=[N+]=[N-]. The van der Waals surface area contributed by atoms with E-state index < -0.39 is 6.17 Å². The highest BCUT2D eigenvalue weighted by Gasteiger charge is 2.41. The molecule has 0 saturated carbocycles. The van der Waals surface area contributed by atoms with E-state index in [-0.39, 0.29) is 17.2 Å². The monoisotopic (exact) mass is 297 g/mol. The molecule has 0 N–H and O–H groups in total. The molecular formula is C14H20FN3O3. The van der Waals surface area contributed by atoms with Crippen molar-refractivity contribution in [2.75, 3.05) is 39.5 Å². The fourth-order valence-electron chi connectivity index (χ4n) is 2.37. The van der Waals surface area contributed by atoms with Crippen molar-refractivity contribution in [2.24, 2.45) is 0 Å². The van der Waals surface area contributed by atoms with Crippen LogP contribution in [0.25, 0.3) is 5.53 Å². The molecule has 0 aromatic heterocycles. The van der Waals surface area contributed by atoms with Gasteiger partial charge in [0.15, 0.2) is 5.76 Å². The number of nitrogens with zero attached hydrogens (tertiary/aromatic N) is 3. The molecule has 1 unspecified atom stereocenters. The van der Waals surface area contributed by atoms with Gasteiger partial charge in [0.05, 0.1) is 32.1 Å². The number of alkyl halides is 1. The fourth-order valence-corrected chi connectivity index (χ4v) is 2.37. The molecule has 2 rings (SSSR count). The maximum atomic E-state index is 14.6. The van der Waals surface area contributed by atoms with Gasteiger partial charge in [0.2, 0.25) is 5.76 Å². The van der Waals surface area contributed by atoms with Crippen LogP contribution in [0.2, 0.25) is 0 Å². The zero-order chi connectivity index (χ0) is 15.2. The topological polar surface area (TPSA) is 67.3 Å². The molecular weight excluding hydrogens is 277 g/mol. The molecule has 7 heteroatoms. The van der Waals surface area contributed by atoms with Crippen molar-refractivity contribution >= 4 is 5.71 Å². The zero-order valence-electron chi connectivity index (χ0n) is 12.3. The van der Waals surface area contributed by atoms with Gasteiger partial charge in [0.25, 0.3) is 6.17 Å². The van der Waals surface area contributed by atoms with Gasteiger partial charge in [-0.25, -0.2) is 4.39 Å². The van der Waals surface area contributed by atoms with Gasteiger partial charge in [0, 0.05) is 19.2 Å². The van der Waals surface area contributed by atoms with Gasteiger partial charge in [-0.3, -0.25) is 0 Å². The van der Waals surface area contributed by atoms with Crippen LogP contribution in [0.15, 0.2) is 23.3 Å². The second-order valence-corrected chi connectivity index (χ2v) is 4.57. The summed E-state index contributed by atoms with van der Waals surface area (Å²) in [5.41, 5.74) is 9.53. The first-order valence-electron chi connectivity index (χ1n) is 7.13. The van der Waals surface area contributed by atoms with Crippen molar-refractivity contribution in [3.8, 4) is 0 Å². The molecule has 116 valence electrons. The molecule has 0 bridgehead atoms. The Morgan fingerprint density at radius 1 is 1.33 bits per heavy atom. The predicted octanol–water partition coefficient (Wildman–Crippen LogP) is 1.51. The maximum Gasteiger partial charge on any atom is 0.375 e. The molecule has 1 fully saturated rings. The Morgan fingerprint density at radius 3 is 2.57 bits per heavy atom. The normalized spacial score (nSPS) is 22.8. The molecule has 1 heterocycles. The largest absolute Gasteiger partial charge is 0.492 e. The molecule has 6 nitrogen and oxygen atoms in total. The van der Waals surface area contributed by atoms with Crippen LogP contribution in [0.4, 0.5) is 4.39 Å². The van der Waals surface area contributed by atoms with Crippen LogP contribution in [0.3, 0.4) is 0 Å². The summed E-state index contributed by atoms with van der Waals surface area (Å²) in [5.74, 6) is 0.396. The van der Waals surface area contributed by atoms with E-state index in [1.165, 1.54) is 0 Å². The van der Waals surface area contributed by atoms with Crippen LogP contribution in [0, 0.1) is 0 Å². The van der Waals surface area contributed by atoms with Crippen molar-refractivity contribution in [2.45, 2.75) is 20.0 Å². The van der Waals surface area contributed by atoms with Gasteiger partial charge in [-0.05, 0) is 13.8 Å². The summed E-state index contributed by atoms with van der Waals surface area (Å²) < 4.78 is 30.8. The lowest BCUT2D eigenvalue weighted by Crippen LogP contribution is -2.40. The molecule has 0 radical (unpaired) electrons. The average molecular weight is 297 g/mol. The molecule has 1 aliphatic heterocycles. The summed E-state index contributed by atoms with van der Waals surface area (Å²) in [6.45, 7) is 6.74. The van der Waals surface area contributed by atoms with Crippen molar-refractivity contribution in [1.29, 1.82) is 0 Å². The Labute approximate surface area is 123 Å². The van der Waals surface area contributed by atoms with Gasteiger partial charge >= 0.3 is 5.71 Å². The highest BCUT2D eigenvalue weighted by Crippen LogP contribution is 2.28. The zero-order valence-corrected chi connectivity index (χ0v) is 12.3. The fraction of sp³-hybridized carbons (Fsp3) is 0.643. The van der Waals surface area contributed by atoms with Crippen LogP contribution >= 0.6 is 0 Å². The van der Waals surface area contributed by atoms with Crippen molar-refractivity contribution in [1.82, 2.24) is 4.90 Å². The molecule has 0 amide bonds. The van der Waals surface area contributed by atoms with E-state index in [0.29, 0.717) is 45.2 Å². The number of morpholine rings is 1. The summed E-state index contributed by atoms with van der Waals surface area (Å²) in [5, 5.41) is 0. The second kappa shape index (κ2) is 7.24. The summed E-state index contributed by atoms with van der Waals surface area (Å²) in [6.07, 6.45) is 0.0321. The lowest BCUT2D eigenvalue weighted by molar-refractivity contribution is -0.0219. The van der Waals surface area contributed by atoms with Crippen LogP contribution in [-0.4, -0.2) is 61.1 Å². The number of hydrogen-bond acceptors (Lipinski definition) is 4. The highest BCUT2D eigenvalue weighted by atomic mass is 19.1. The van der Waals surface area contributed by atoms with E-state index in [0.717, 1.165) is 0 Å². The van der Waals surface area contributed by atoms with Gasteiger partial charge in [-0.15, -0.1) is 0 Å². The minimum Gasteiger partial charge on any atom is -0.492 e. The Bertz CT molecular complexity index is 492. The Kier molecular flexibility index (Phi) is 5.36. The van der Waals surface area contributed by atoms with Crippen LogP contribution < -0.4 is 0 Å². The molecule has 1 atom stereocenters. The van der Waals surface area contributed by atoms with Crippen LogP contribution in [0.1, 0.15) is 13.8 Å². The summed E-state index contributed by atoms with van der Waals surface area (Å²) in [7, 11) is 0. The van der Waals surface area contributed by atoms with E-state index in [1.807, 2.05) is 4.90 Å². The standard InChI is InChI=1S/C14H20FN3O3/c1-3-20-11-9-10(18-5-7-19-8-6-18)14(21-4-2)12(15)13(11)17-16/h9,12H,3-8H2,1-2H3. The van der Waals surface area contributed by atoms with E-state index in [9.17, 15) is 4.39 Å². The summed E-state index contributed by atoms with van der Waals surface area (Å²) in [4.78, 5) is 5.03. The minimum absolute atomic E-state index is 0.155. The van der Waals surface area contributed by atoms with Crippen LogP contribution in [0.5, 0.6) is 0 Å². The van der Waals surface area contributed by atoms with E-state index in [1.54, 1.807) is 19.9 Å². The van der Waals surface area contributed by atoms with Crippen molar-refractivity contribution in [3.63, 3.8) is 0 Å². The highest BCUT2D eigenvalue weighted by molar-refractivity contribution is 6.01. The molecule has 0 spiro atoms. The van der Waals surface area contributed by atoms with Gasteiger partial charge < -0.3 is 24.6 Å². The molecule has 0 aromatic rings. The predicted molar refractivity (Wildman–Crippen MR) is 74.3 cm³/mol. The third-order valence-corrected chi connectivity index (χ3v) is 3.30. The third-order valence-electron chi connectivity index (χ3n) is 3.30. The van der Waals surface area contributed by atoms with E-state index in [4.69, 9.17) is 19.7 Å². The first-order valence-corrected chi connectivity index (χ1v) is 7.13. The molecule has 2 aliphatic rings. The number of halogens is 1. The molecule has 0 aromatic carbocycles. The summed E-state index contributed by atoms with van der Waals surface area (Å²) in [6, 6.07) is 0. The van der Waals surface area contributed by atoms with E-state index in [2.05, 4.69) is 4.79 Å². The van der Waals surface area contributed by atoms with Gasteiger partial charge in [-0.2, -0.15) is 4.79 Å². The Morgan fingerprint density at radius 2 is 2.00 bits per heavy atom. The number of ether oxygens (including phenoxy) is 3. The smallest absolute Gasteiger partial charge is 0.375 e. The van der Waals surface area contributed by atoms with Gasteiger partial charge in [0.1, 0.15) is 0 Å². The lowest BCUT2D eigenvalue weighted by Gasteiger charge is -2.33. The molecule has 1 saturated heterocycles. The average Bonchev–Trinajstić information content (AvgIpc) is 2.51. The Balaban J connectivity index is 2.42. The number of hydrogen-bond donors (Lipinski definition) is 0. The maximum absolute atomic E-state index is 14.6. The third kappa shape index (κ3) is 3.25. The first kappa shape index (κ1) is 15.5. The van der Waals surface area contributed by atoms with E-state index >= 15 is 0 Å². The molecule has 1 aliphatic carbocycles. The van der Waals surface area contributed by atoms with Crippen molar-refractivity contribution < 1.29 is 23.4 Å². The van der Waals surface area contributed by atoms with Crippen LogP contribution in [-0.2, 0) is 14.2 Å². The first-order chi connectivity index (χ1) is 10.2. The number of allylic oxidation sites excluding steroid dienone is 3. The minimum atomic E-state index is -1.64. The Hall–Kier alpha value is -1.85. The number of rotatable bonds is 5. The summed E-state index contributed by atoms with van der Waals surface area (Å²) >= 11 is 0. The van der Waals surface area contributed by atoms with Gasteiger partial charge in [-0.1, -0.05) is 0 Å². The quantitative estimate of drug-likeness (QED) is 0.570.